The van der Waals surface area contributed by atoms with E-state index in [1.54, 1.807) is 19.3 Å². The third-order valence-electron chi connectivity index (χ3n) is 4.29. The van der Waals surface area contributed by atoms with Crippen molar-refractivity contribution < 1.29 is 4.92 Å². The van der Waals surface area contributed by atoms with Crippen LogP contribution in [0.15, 0.2) is 24.8 Å². The molecule has 2 heterocycles. The number of nitro groups is 1. The van der Waals surface area contributed by atoms with Crippen LogP contribution in [0.25, 0.3) is 0 Å². The summed E-state index contributed by atoms with van der Waals surface area (Å²) in [5.41, 5.74) is 1.69. The van der Waals surface area contributed by atoms with E-state index in [1.807, 2.05) is 10.8 Å². The minimum absolute atomic E-state index is 0.00236. The fourth-order valence-corrected chi connectivity index (χ4v) is 3.04. The number of hydrogen-bond donors (Lipinski definition) is 0. The SMILES string of the molecule is Cc1c(N2CCC(n3cncn3)CC2)cc(C#N)cc1[N+](=O)[O-]. The first kappa shape index (κ1) is 15.0. The van der Waals surface area contributed by atoms with Crippen LogP contribution < -0.4 is 4.90 Å². The van der Waals surface area contributed by atoms with Crippen LogP contribution in [-0.4, -0.2) is 32.8 Å². The van der Waals surface area contributed by atoms with E-state index in [1.165, 1.54) is 12.4 Å². The van der Waals surface area contributed by atoms with Crippen LogP contribution in [0.2, 0.25) is 0 Å². The van der Waals surface area contributed by atoms with Gasteiger partial charge in [-0.15, -0.1) is 0 Å². The summed E-state index contributed by atoms with van der Waals surface area (Å²) in [5, 5.41) is 24.5. The number of piperidine rings is 1. The second kappa shape index (κ2) is 6.04. The molecule has 8 heteroatoms. The highest BCUT2D eigenvalue weighted by molar-refractivity contribution is 5.65. The lowest BCUT2D eigenvalue weighted by molar-refractivity contribution is -0.385. The van der Waals surface area contributed by atoms with Gasteiger partial charge in [0, 0.05) is 24.8 Å². The monoisotopic (exact) mass is 312 g/mol. The zero-order valence-corrected chi connectivity index (χ0v) is 12.7. The molecular formula is C15H16N6O2. The van der Waals surface area contributed by atoms with Gasteiger partial charge in [-0.3, -0.25) is 10.1 Å². The minimum Gasteiger partial charge on any atom is -0.371 e. The summed E-state index contributed by atoms with van der Waals surface area (Å²) in [6.07, 6.45) is 5.00. The van der Waals surface area contributed by atoms with Gasteiger partial charge in [0.05, 0.1) is 28.2 Å². The Morgan fingerprint density at radius 3 is 2.70 bits per heavy atom. The van der Waals surface area contributed by atoms with Gasteiger partial charge in [0.25, 0.3) is 5.69 Å². The predicted molar refractivity (Wildman–Crippen MR) is 83.1 cm³/mol. The lowest BCUT2D eigenvalue weighted by Gasteiger charge is -2.34. The molecule has 2 aromatic rings. The molecule has 0 spiro atoms. The first-order chi connectivity index (χ1) is 11.1. The molecular weight excluding hydrogens is 296 g/mol. The number of nitrogens with zero attached hydrogens (tertiary/aromatic N) is 6. The van der Waals surface area contributed by atoms with E-state index < -0.39 is 4.92 Å². The molecule has 0 unspecified atom stereocenters. The standard InChI is InChI=1S/C15H16N6O2/c1-11-14(6-12(8-16)7-15(11)21(22)23)19-4-2-13(3-5-19)20-10-17-9-18-20/h6-7,9-10,13H,2-5H2,1H3. The summed E-state index contributed by atoms with van der Waals surface area (Å²) in [6, 6.07) is 5.37. The maximum absolute atomic E-state index is 11.2. The van der Waals surface area contributed by atoms with Crippen LogP contribution in [0.5, 0.6) is 0 Å². The van der Waals surface area contributed by atoms with Gasteiger partial charge in [-0.1, -0.05) is 0 Å². The largest absolute Gasteiger partial charge is 0.371 e. The molecule has 0 radical (unpaired) electrons. The molecule has 8 nitrogen and oxygen atoms in total. The summed E-state index contributed by atoms with van der Waals surface area (Å²) in [5.74, 6) is 0. The Labute approximate surface area is 133 Å². The van der Waals surface area contributed by atoms with Gasteiger partial charge in [0.1, 0.15) is 12.7 Å². The highest BCUT2D eigenvalue weighted by atomic mass is 16.6. The molecule has 0 N–H and O–H groups in total. The van der Waals surface area contributed by atoms with E-state index >= 15 is 0 Å². The number of hydrogen-bond acceptors (Lipinski definition) is 6. The number of anilines is 1. The number of nitro benzene ring substituents is 1. The van der Waals surface area contributed by atoms with Gasteiger partial charge in [-0.05, 0) is 25.8 Å². The molecule has 1 aliphatic heterocycles. The van der Waals surface area contributed by atoms with Gasteiger partial charge in [0.2, 0.25) is 0 Å². The molecule has 0 aliphatic carbocycles. The van der Waals surface area contributed by atoms with Crippen molar-refractivity contribution in [3.63, 3.8) is 0 Å². The Bertz CT molecular complexity index is 757. The molecule has 1 aromatic carbocycles. The molecule has 1 saturated heterocycles. The number of aromatic nitrogens is 3. The van der Waals surface area contributed by atoms with Crippen LogP contribution >= 0.6 is 0 Å². The Morgan fingerprint density at radius 1 is 1.39 bits per heavy atom. The summed E-state index contributed by atoms with van der Waals surface area (Å²) < 4.78 is 1.86. The Balaban J connectivity index is 1.84. The smallest absolute Gasteiger partial charge is 0.275 e. The summed E-state index contributed by atoms with van der Waals surface area (Å²) in [7, 11) is 0. The fraction of sp³-hybridized carbons (Fsp3) is 0.400. The highest BCUT2D eigenvalue weighted by Crippen LogP contribution is 2.33. The molecule has 0 amide bonds. The number of benzene rings is 1. The quantitative estimate of drug-likeness (QED) is 0.636. The van der Waals surface area contributed by atoms with E-state index in [0.29, 0.717) is 17.2 Å². The average Bonchev–Trinajstić information content (AvgIpc) is 3.09. The second-order valence-corrected chi connectivity index (χ2v) is 5.60. The lowest BCUT2D eigenvalue weighted by Crippen LogP contribution is -2.35. The predicted octanol–water partition coefficient (Wildman–Crippen LogP) is 2.21. The zero-order valence-electron chi connectivity index (χ0n) is 12.7. The van der Waals surface area contributed by atoms with Gasteiger partial charge < -0.3 is 4.90 Å². The van der Waals surface area contributed by atoms with Gasteiger partial charge in [-0.2, -0.15) is 10.4 Å². The molecule has 0 atom stereocenters. The molecule has 23 heavy (non-hydrogen) atoms. The molecule has 118 valence electrons. The first-order valence-corrected chi connectivity index (χ1v) is 7.38. The topological polar surface area (TPSA) is 101 Å². The van der Waals surface area contributed by atoms with Crippen molar-refractivity contribution in [2.75, 3.05) is 18.0 Å². The second-order valence-electron chi connectivity index (χ2n) is 5.60. The Hall–Kier alpha value is -2.95. The lowest BCUT2D eigenvalue weighted by atomic mass is 10.0. The van der Waals surface area contributed by atoms with Crippen molar-refractivity contribution in [2.45, 2.75) is 25.8 Å². The van der Waals surface area contributed by atoms with Crippen molar-refractivity contribution >= 4 is 11.4 Å². The van der Waals surface area contributed by atoms with Gasteiger partial charge in [0.15, 0.2) is 0 Å². The van der Waals surface area contributed by atoms with E-state index in [9.17, 15) is 10.1 Å². The molecule has 1 fully saturated rings. The summed E-state index contributed by atoms with van der Waals surface area (Å²) in [4.78, 5) is 16.8. The molecule has 3 rings (SSSR count). The normalized spacial score (nSPS) is 15.4. The van der Waals surface area contributed by atoms with E-state index in [-0.39, 0.29) is 5.69 Å². The van der Waals surface area contributed by atoms with Gasteiger partial charge in [-0.25, -0.2) is 9.67 Å². The molecule has 1 aliphatic rings. The third-order valence-corrected chi connectivity index (χ3v) is 4.29. The van der Waals surface area contributed by atoms with Crippen molar-refractivity contribution in [3.05, 3.63) is 46.0 Å². The van der Waals surface area contributed by atoms with E-state index in [4.69, 9.17) is 5.26 Å². The van der Waals surface area contributed by atoms with Crippen LogP contribution in [0, 0.1) is 28.4 Å². The van der Waals surface area contributed by atoms with Crippen LogP contribution in [-0.2, 0) is 0 Å². The third kappa shape index (κ3) is 2.85. The average molecular weight is 312 g/mol. The van der Waals surface area contributed by atoms with Crippen molar-refractivity contribution in [2.24, 2.45) is 0 Å². The molecule has 1 aromatic heterocycles. The van der Waals surface area contributed by atoms with Crippen LogP contribution in [0.4, 0.5) is 11.4 Å². The van der Waals surface area contributed by atoms with Crippen molar-refractivity contribution in [1.82, 2.24) is 14.8 Å². The maximum Gasteiger partial charge on any atom is 0.275 e. The zero-order chi connectivity index (χ0) is 16.4. The van der Waals surface area contributed by atoms with Crippen LogP contribution in [0.3, 0.4) is 0 Å². The summed E-state index contributed by atoms with van der Waals surface area (Å²) in [6.45, 7) is 3.26. The van der Waals surface area contributed by atoms with Crippen molar-refractivity contribution in [3.8, 4) is 6.07 Å². The highest BCUT2D eigenvalue weighted by Gasteiger charge is 2.25. The first-order valence-electron chi connectivity index (χ1n) is 7.38. The Kier molecular flexibility index (Phi) is 3.93. The van der Waals surface area contributed by atoms with Crippen LogP contribution in [0.1, 0.15) is 30.0 Å². The van der Waals surface area contributed by atoms with Gasteiger partial charge >= 0.3 is 0 Å². The van der Waals surface area contributed by atoms with Crippen molar-refractivity contribution in [1.29, 1.82) is 5.26 Å². The number of rotatable bonds is 3. The minimum atomic E-state index is -0.429. The Morgan fingerprint density at radius 2 is 2.13 bits per heavy atom. The fourth-order valence-electron chi connectivity index (χ4n) is 3.04. The summed E-state index contributed by atoms with van der Waals surface area (Å²) >= 11 is 0. The van der Waals surface area contributed by atoms with E-state index in [0.717, 1.165) is 31.6 Å². The maximum atomic E-state index is 11.2. The number of nitriles is 1. The molecule has 0 bridgehead atoms. The van der Waals surface area contributed by atoms with E-state index in [2.05, 4.69) is 15.0 Å². The molecule has 0 saturated carbocycles.